The summed E-state index contributed by atoms with van der Waals surface area (Å²) in [5.41, 5.74) is 12.6. The SMILES string of the molecule is Cl.Cl.NCc1ccc(C[C@H](N)C(=O)OCC(F)(F)F)cc1. The summed E-state index contributed by atoms with van der Waals surface area (Å²) >= 11 is 0. The molecule has 4 nitrogen and oxygen atoms in total. The Morgan fingerprint density at radius 1 is 1.14 bits per heavy atom. The molecule has 0 saturated heterocycles. The van der Waals surface area contributed by atoms with Crippen molar-refractivity contribution in [1.29, 1.82) is 0 Å². The Balaban J connectivity index is 0. The topological polar surface area (TPSA) is 78.3 Å². The predicted octanol–water partition coefficient (Wildman–Crippen LogP) is 1.96. The van der Waals surface area contributed by atoms with E-state index in [0.29, 0.717) is 6.54 Å². The van der Waals surface area contributed by atoms with Gasteiger partial charge in [0.2, 0.25) is 0 Å². The van der Waals surface area contributed by atoms with E-state index in [9.17, 15) is 18.0 Å². The van der Waals surface area contributed by atoms with Crippen LogP contribution in [0.3, 0.4) is 0 Å². The van der Waals surface area contributed by atoms with Gasteiger partial charge in [0.25, 0.3) is 0 Å². The molecule has 0 unspecified atom stereocenters. The molecular weight excluding hydrogens is 332 g/mol. The van der Waals surface area contributed by atoms with Crippen molar-refractivity contribution in [1.82, 2.24) is 0 Å². The zero-order chi connectivity index (χ0) is 14.5. The first-order valence-corrected chi connectivity index (χ1v) is 5.58. The summed E-state index contributed by atoms with van der Waals surface area (Å²) in [6, 6.07) is 5.86. The van der Waals surface area contributed by atoms with Crippen LogP contribution in [0.2, 0.25) is 0 Å². The highest BCUT2D eigenvalue weighted by Gasteiger charge is 2.30. The van der Waals surface area contributed by atoms with Gasteiger partial charge in [-0.05, 0) is 17.5 Å². The van der Waals surface area contributed by atoms with Crippen LogP contribution in [0.1, 0.15) is 11.1 Å². The molecule has 0 fully saturated rings. The molecule has 0 amide bonds. The maximum absolute atomic E-state index is 11.9. The van der Waals surface area contributed by atoms with Crippen molar-refractivity contribution in [3.63, 3.8) is 0 Å². The number of ether oxygens (including phenoxy) is 1. The van der Waals surface area contributed by atoms with Crippen LogP contribution in [0.4, 0.5) is 13.2 Å². The predicted molar refractivity (Wildman–Crippen MR) is 77.5 cm³/mol. The molecule has 0 heterocycles. The molecule has 122 valence electrons. The van der Waals surface area contributed by atoms with E-state index in [-0.39, 0.29) is 31.2 Å². The van der Waals surface area contributed by atoms with Crippen LogP contribution in [0.15, 0.2) is 24.3 Å². The first-order valence-electron chi connectivity index (χ1n) is 5.58. The molecule has 21 heavy (non-hydrogen) atoms. The van der Waals surface area contributed by atoms with Crippen molar-refractivity contribution >= 4 is 30.8 Å². The van der Waals surface area contributed by atoms with Crippen LogP contribution in [-0.4, -0.2) is 24.8 Å². The van der Waals surface area contributed by atoms with Crippen LogP contribution < -0.4 is 11.5 Å². The minimum Gasteiger partial charge on any atom is -0.455 e. The number of benzene rings is 1. The molecule has 0 aromatic heterocycles. The zero-order valence-electron chi connectivity index (χ0n) is 10.9. The summed E-state index contributed by atoms with van der Waals surface area (Å²) in [6.07, 6.45) is -4.43. The van der Waals surface area contributed by atoms with Crippen molar-refractivity contribution in [2.45, 2.75) is 25.2 Å². The molecule has 0 aliphatic carbocycles. The maximum atomic E-state index is 11.9. The van der Waals surface area contributed by atoms with E-state index in [2.05, 4.69) is 4.74 Å². The second-order valence-corrected chi connectivity index (χ2v) is 4.05. The van der Waals surface area contributed by atoms with Gasteiger partial charge in [-0.1, -0.05) is 24.3 Å². The molecular formula is C12H17Cl2F3N2O2. The number of esters is 1. The summed E-state index contributed by atoms with van der Waals surface area (Å²) in [4.78, 5) is 11.2. The number of nitrogens with two attached hydrogens (primary N) is 2. The standard InChI is InChI=1S/C12H15F3N2O2.2ClH/c13-12(14,15)7-19-11(18)10(17)5-8-1-3-9(6-16)4-2-8;;/h1-4,10H,5-7,16-17H2;2*1H/t10-;;/m0../s1. The fraction of sp³-hybridized carbons (Fsp3) is 0.417. The third-order valence-corrected chi connectivity index (χ3v) is 2.40. The number of hydrogen-bond acceptors (Lipinski definition) is 4. The lowest BCUT2D eigenvalue weighted by molar-refractivity contribution is -0.187. The third-order valence-electron chi connectivity index (χ3n) is 2.40. The molecule has 0 saturated carbocycles. The summed E-state index contributed by atoms with van der Waals surface area (Å²) < 4.78 is 39.7. The number of halogens is 5. The second kappa shape index (κ2) is 9.83. The van der Waals surface area contributed by atoms with E-state index < -0.39 is 24.8 Å². The van der Waals surface area contributed by atoms with E-state index in [1.54, 1.807) is 24.3 Å². The van der Waals surface area contributed by atoms with Gasteiger partial charge in [0.05, 0.1) is 0 Å². The highest BCUT2D eigenvalue weighted by molar-refractivity contribution is 5.85. The molecule has 9 heteroatoms. The quantitative estimate of drug-likeness (QED) is 0.797. The number of rotatable bonds is 5. The van der Waals surface area contributed by atoms with E-state index in [0.717, 1.165) is 11.1 Å². The average molecular weight is 349 g/mol. The molecule has 0 spiro atoms. The Kier molecular flexibility index (Phi) is 10.4. The monoisotopic (exact) mass is 348 g/mol. The van der Waals surface area contributed by atoms with Gasteiger partial charge in [-0.25, -0.2) is 0 Å². The molecule has 0 bridgehead atoms. The molecule has 1 aromatic carbocycles. The maximum Gasteiger partial charge on any atom is 0.422 e. The summed E-state index contributed by atoms with van der Waals surface area (Å²) in [5, 5.41) is 0. The van der Waals surface area contributed by atoms with Crippen molar-refractivity contribution in [2.75, 3.05) is 6.61 Å². The van der Waals surface area contributed by atoms with E-state index in [1.807, 2.05) is 0 Å². The lowest BCUT2D eigenvalue weighted by Crippen LogP contribution is -2.36. The first-order chi connectivity index (χ1) is 8.81. The van der Waals surface area contributed by atoms with Gasteiger partial charge < -0.3 is 16.2 Å². The summed E-state index contributed by atoms with van der Waals surface area (Å²) in [5.74, 6) is -1.07. The van der Waals surface area contributed by atoms with E-state index in [4.69, 9.17) is 11.5 Å². The van der Waals surface area contributed by atoms with E-state index in [1.165, 1.54) is 0 Å². The lowest BCUT2D eigenvalue weighted by atomic mass is 10.0. The van der Waals surface area contributed by atoms with Crippen molar-refractivity contribution in [3.8, 4) is 0 Å². The van der Waals surface area contributed by atoms with Crippen LogP contribution in [-0.2, 0) is 22.5 Å². The van der Waals surface area contributed by atoms with Gasteiger partial charge in [0.15, 0.2) is 6.61 Å². The minimum absolute atomic E-state index is 0. The van der Waals surface area contributed by atoms with Gasteiger partial charge >= 0.3 is 12.1 Å². The second-order valence-electron chi connectivity index (χ2n) is 4.05. The molecule has 4 N–H and O–H groups in total. The molecule has 0 aliphatic heterocycles. The summed E-state index contributed by atoms with van der Waals surface area (Å²) in [6.45, 7) is -1.23. The average Bonchev–Trinajstić information content (AvgIpc) is 2.36. The molecule has 1 atom stereocenters. The Morgan fingerprint density at radius 3 is 2.05 bits per heavy atom. The third kappa shape index (κ3) is 8.77. The number of alkyl halides is 3. The first kappa shape index (κ1) is 22.3. The molecule has 1 aromatic rings. The Hall–Kier alpha value is -1.02. The summed E-state index contributed by atoms with van der Waals surface area (Å²) in [7, 11) is 0. The zero-order valence-corrected chi connectivity index (χ0v) is 12.6. The molecule has 0 aliphatic rings. The van der Waals surface area contributed by atoms with Crippen molar-refractivity contribution in [3.05, 3.63) is 35.4 Å². The molecule has 1 rings (SSSR count). The van der Waals surface area contributed by atoms with Crippen LogP contribution in [0, 0.1) is 0 Å². The van der Waals surface area contributed by atoms with Gasteiger partial charge in [-0.2, -0.15) is 13.2 Å². The smallest absolute Gasteiger partial charge is 0.422 e. The van der Waals surface area contributed by atoms with Crippen LogP contribution in [0.25, 0.3) is 0 Å². The van der Waals surface area contributed by atoms with Gasteiger partial charge in [0.1, 0.15) is 6.04 Å². The fourth-order valence-corrected chi connectivity index (χ4v) is 1.41. The van der Waals surface area contributed by atoms with Gasteiger partial charge in [-0.3, -0.25) is 4.79 Å². The number of carbonyl (C=O) groups is 1. The normalized spacial score (nSPS) is 11.9. The van der Waals surface area contributed by atoms with Crippen molar-refractivity contribution < 1.29 is 22.7 Å². The highest BCUT2D eigenvalue weighted by atomic mass is 35.5. The van der Waals surface area contributed by atoms with E-state index >= 15 is 0 Å². The van der Waals surface area contributed by atoms with Crippen molar-refractivity contribution in [2.24, 2.45) is 11.5 Å². The fourth-order valence-electron chi connectivity index (χ4n) is 1.41. The lowest BCUT2D eigenvalue weighted by Gasteiger charge is -2.13. The molecule has 0 radical (unpaired) electrons. The highest BCUT2D eigenvalue weighted by Crippen LogP contribution is 2.15. The Morgan fingerprint density at radius 2 is 1.62 bits per heavy atom. The van der Waals surface area contributed by atoms with Crippen LogP contribution >= 0.6 is 24.8 Å². The Bertz CT molecular complexity index is 428. The number of carbonyl (C=O) groups excluding carboxylic acids is 1. The number of hydrogen-bond donors (Lipinski definition) is 2. The minimum atomic E-state index is -4.54. The largest absolute Gasteiger partial charge is 0.455 e. The van der Waals surface area contributed by atoms with Gasteiger partial charge in [0, 0.05) is 6.54 Å². The van der Waals surface area contributed by atoms with Gasteiger partial charge in [-0.15, -0.1) is 24.8 Å². The van der Waals surface area contributed by atoms with Crippen LogP contribution in [0.5, 0.6) is 0 Å². The Labute approximate surface area is 132 Å².